The van der Waals surface area contributed by atoms with E-state index in [9.17, 15) is 18.0 Å². The van der Waals surface area contributed by atoms with E-state index in [1.807, 2.05) is 0 Å². The number of nitrogens with two attached hydrogens (primary N) is 1. The number of halogens is 3. The van der Waals surface area contributed by atoms with Crippen molar-refractivity contribution in [1.82, 2.24) is 0 Å². The van der Waals surface area contributed by atoms with Crippen LogP contribution in [0, 0.1) is 0 Å². The molecule has 0 aliphatic rings. The van der Waals surface area contributed by atoms with Crippen molar-refractivity contribution in [2.75, 3.05) is 17.7 Å². The van der Waals surface area contributed by atoms with Crippen molar-refractivity contribution in [3.8, 4) is 0 Å². The molecule has 0 saturated carbocycles. The van der Waals surface area contributed by atoms with Crippen LogP contribution in [0.5, 0.6) is 0 Å². The topological polar surface area (TPSA) is 46.3 Å². The highest BCUT2D eigenvalue weighted by Crippen LogP contribution is 2.37. The summed E-state index contributed by atoms with van der Waals surface area (Å²) in [5, 5.41) is 0. The number of carbonyl (C=O) groups is 1. The fourth-order valence-corrected chi connectivity index (χ4v) is 1.44. The molecule has 0 unspecified atom stereocenters. The van der Waals surface area contributed by atoms with Crippen LogP contribution in [0.1, 0.15) is 18.9 Å². The van der Waals surface area contributed by atoms with E-state index in [-0.39, 0.29) is 23.7 Å². The standard InChI is InChI=1S/C11H13F3N2O/c1-3-10(17)16(2)9-5-4-7(15)6-8(9)11(12,13)14/h4-6H,3,15H2,1-2H3. The third kappa shape index (κ3) is 2.89. The van der Waals surface area contributed by atoms with Crippen molar-refractivity contribution in [3.05, 3.63) is 23.8 Å². The van der Waals surface area contributed by atoms with Crippen LogP contribution in [-0.4, -0.2) is 13.0 Å². The lowest BCUT2D eigenvalue weighted by Gasteiger charge is -2.21. The zero-order valence-corrected chi connectivity index (χ0v) is 9.51. The maximum Gasteiger partial charge on any atom is 0.418 e. The van der Waals surface area contributed by atoms with E-state index < -0.39 is 11.7 Å². The maximum atomic E-state index is 12.8. The summed E-state index contributed by atoms with van der Waals surface area (Å²) >= 11 is 0. The number of anilines is 2. The molecule has 0 aliphatic heterocycles. The summed E-state index contributed by atoms with van der Waals surface area (Å²) in [5.41, 5.74) is 4.26. The van der Waals surface area contributed by atoms with Crippen molar-refractivity contribution < 1.29 is 18.0 Å². The normalized spacial score (nSPS) is 11.4. The molecule has 1 aromatic rings. The summed E-state index contributed by atoms with van der Waals surface area (Å²) in [5.74, 6) is -0.389. The Labute approximate surface area is 97.0 Å². The Kier molecular flexibility index (Phi) is 3.65. The first-order valence-electron chi connectivity index (χ1n) is 5.00. The lowest BCUT2D eigenvalue weighted by atomic mass is 10.1. The van der Waals surface area contributed by atoms with Crippen molar-refractivity contribution in [3.63, 3.8) is 0 Å². The van der Waals surface area contributed by atoms with Gasteiger partial charge in [0.1, 0.15) is 0 Å². The second-order valence-corrected chi connectivity index (χ2v) is 3.58. The summed E-state index contributed by atoms with van der Waals surface area (Å²) in [6, 6.07) is 3.37. The first-order valence-corrected chi connectivity index (χ1v) is 5.00. The first-order chi connectivity index (χ1) is 7.77. The van der Waals surface area contributed by atoms with Gasteiger partial charge in [0.05, 0.1) is 11.3 Å². The summed E-state index contributed by atoms with van der Waals surface area (Å²) in [6.45, 7) is 1.59. The predicted molar refractivity (Wildman–Crippen MR) is 59.6 cm³/mol. The first kappa shape index (κ1) is 13.3. The molecule has 0 bridgehead atoms. The molecule has 0 radical (unpaired) electrons. The van der Waals surface area contributed by atoms with E-state index in [0.29, 0.717) is 0 Å². The molecule has 94 valence electrons. The van der Waals surface area contributed by atoms with E-state index in [4.69, 9.17) is 5.73 Å². The number of amides is 1. The van der Waals surface area contributed by atoms with Gasteiger partial charge in [-0.1, -0.05) is 6.92 Å². The number of hydrogen-bond donors (Lipinski definition) is 1. The average molecular weight is 246 g/mol. The van der Waals surface area contributed by atoms with Crippen molar-refractivity contribution in [2.45, 2.75) is 19.5 Å². The zero-order chi connectivity index (χ0) is 13.2. The van der Waals surface area contributed by atoms with E-state index in [1.54, 1.807) is 6.92 Å². The maximum absolute atomic E-state index is 12.8. The van der Waals surface area contributed by atoms with Gasteiger partial charge in [-0.25, -0.2) is 0 Å². The Morgan fingerprint density at radius 2 is 2.00 bits per heavy atom. The van der Waals surface area contributed by atoms with E-state index in [1.165, 1.54) is 19.2 Å². The number of carbonyl (C=O) groups excluding carboxylic acids is 1. The number of nitrogen functional groups attached to an aromatic ring is 1. The van der Waals surface area contributed by atoms with Gasteiger partial charge in [-0.2, -0.15) is 13.2 Å². The SMILES string of the molecule is CCC(=O)N(C)c1ccc(N)cc1C(F)(F)F. The summed E-state index contributed by atoms with van der Waals surface area (Å²) in [4.78, 5) is 12.4. The molecule has 1 aromatic carbocycles. The molecule has 17 heavy (non-hydrogen) atoms. The summed E-state index contributed by atoms with van der Waals surface area (Å²) in [6.07, 6.45) is -4.40. The number of rotatable bonds is 2. The number of hydrogen-bond acceptors (Lipinski definition) is 2. The van der Waals surface area contributed by atoms with Gasteiger partial charge in [-0.15, -0.1) is 0 Å². The van der Waals surface area contributed by atoms with Crippen molar-refractivity contribution >= 4 is 17.3 Å². The molecule has 3 nitrogen and oxygen atoms in total. The Morgan fingerprint density at radius 1 is 1.41 bits per heavy atom. The average Bonchev–Trinajstić information content (AvgIpc) is 2.25. The molecule has 0 heterocycles. The zero-order valence-electron chi connectivity index (χ0n) is 9.51. The molecule has 0 spiro atoms. The molecular weight excluding hydrogens is 233 g/mol. The van der Waals surface area contributed by atoms with Crippen LogP contribution in [0.2, 0.25) is 0 Å². The Morgan fingerprint density at radius 3 is 2.47 bits per heavy atom. The van der Waals surface area contributed by atoms with Gasteiger partial charge in [-0.05, 0) is 18.2 Å². The van der Waals surface area contributed by atoms with Crippen LogP contribution < -0.4 is 10.6 Å². The van der Waals surface area contributed by atoms with E-state index >= 15 is 0 Å². The van der Waals surface area contributed by atoms with E-state index in [2.05, 4.69) is 0 Å². The minimum Gasteiger partial charge on any atom is -0.399 e. The monoisotopic (exact) mass is 246 g/mol. The lowest BCUT2D eigenvalue weighted by molar-refractivity contribution is -0.137. The van der Waals surface area contributed by atoms with Crippen LogP contribution in [0.25, 0.3) is 0 Å². The van der Waals surface area contributed by atoms with Crippen LogP contribution in [0.4, 0.5) is 24.5 Å². The van der Waals surface area contributed by atoms with Crippen LogP contribution in [0.15, 0.2) is 18.2 Å². The Bertz CT molecular complexity index is 429. The number of alkyl halides is 3. The number of nitrogens with zero attached hydrogens (tertiary/aromatic N) is 1. The second-order valence-electron chi connectivity index (χ2n) is 3.58. The van der Waals surface area contributed by atoms with Gasteiger partial charge in [0, 0.05) is 19.2 Å². The quantitative estimate of drug-likeness (QED) is 0.815. The molecule has 6 heteroatoms. The Balaban J connectivity index is 3.29. The molecular formula is C11H13F3N2O. The smallest absolute Gasteiger partial charge is 0.399 e. The molecule has 1 amide bonds. The third-order valence-electron chi connectivity index (χ3n) is 2.36. The molecule has 0 fully saturated rings. The van der Waals surface area contributed by atoms with Gasteiger partial charge in [0.2, 0.25) is 5.91 Å². The largest absolute Gasteiger partial charge is 0.418 e. The molecule has 0 aliphatic carbocycles. The fraction of sp³-hybridized carbons (Fsp3) is 0.364. The predicted octanol–water partition coefficient (Wildman–Crippen LogP) is 2.66. The second kappa shape index (κ2) is 4.65. The molecule has 1 rings (SSSR count). The van der Waals surface area contributed by atoms with Gasteiger partial charge in [0.25, 0.3) is 0 Å². The Hall–Kier alpha value is -1.72. The number of benzene rings is 1. The summed E-state index contributed by atoms with van der Waals surface area (Å²) in [7, 11) is 1.31. The highest BCUT2D eigenvalue weighted by Gasteiger charge is 2.35. The molecule has 2 N–H and O–H groups in total. The lowest BCUT2D eigenvalue weighted by Crippen LogP contribution is -2.27. The fourth-order valence-electron chi connectivity index (χ4n) is 1.44. The van der Waals surface area contributed by atoms with Gasteiger partial charge in [0.15, 0.2) is 0 Å². The minimum atomic E-state index is -4.53. The molecule has 0 atom stereocenters. The molecule has 0 aromatic heterocycles. The van der Waals surface area contributed by atoms with E-state index in [0.717, 1.165) is 11.0 Å². The van der Waals surface area contributed by atoms with Crippen LogP contribution >= 0.6 is 0 Å². The highest BCUT2D eigenvalue weighted by molar-refractivity contribution is 5.93. The minimum absolute atomic E-state index is 0.0124. The third-order valence-corrected chi connectivity index (χ3v) is 2.36. The molecule has 0 saturated heterocycles. The van der Waals surface area contributed by atoms with Crippen molar-refractivity contribution in [2.24, 2.45) is 0 Å². The van der Waals surface area contributed by atoms with Gasteiger partial charge >= 0.3 is 6.18 Å². The van der Waals surface area contributed by atoms with Crippen molar-refractivity contribution in [1.29, 1.82) is 0 Å². The van der Waals surface area contributed by atoms with Crippen LogP contribution in [-0.2, 0) is 11.0 Å². The summed E-state index contributed by atoms with van der Waals surface area (Å²) < 4.78 is 38.3. The van der Waals surface area contributed by atoms with Gasteiger partial charge in [-0.3, -0.25) is 4.79 Å². The van der Waals surface area contributed by atoms with Crippen LogP contribution in [0.3, 0.4) is 0 Å². The highest BCUT2D eigenvalue weighted by atomic mass is 19.4. The van der Waals surface area contributed by atoms with Gasteiger partial charge < -0.3 is 10.6 Å².